The van der Waals surface area contributed by atoms with Crippen LogP contribution in [-0.2, 0) is 20.3 Å². The Kier molecular flexibility index (Phi) is 5.81. The lowest BCUT2D eigenvalue weighted by Gasteiger charge is -2.14. The molecule has 0 saturated carbocycles. The van der Waals surface area contributed by atoms with E-state index in [-0.39, 0.29) is 11.3 Å². The summed E-state index contributed by atoms with van der Waals surface area (Å²) < 4.78 is 30.3. The van der Waals surface area contributed by atoms with Crippen LogP contribution in [0.25, 0.3) is 0 Å². The second-order valence-electron chi connectivity index (χ2n) is 4.97. The fraction of sp³-hybridized carbons (Fsp3) is 0.176. The summed E-state index contributed by atoms with van der Waals surface area (Å²) in [6.07, 6.45) is 0.302. The van der Waals surface area contributed by atoms with Gasteiger partial charge in [0.15, 0.2) is 6.10 Å². The molecule has 0 radical (unpaired) electrons. The van der Waals surface area contributed by atoms with E-state index >= 15 is 0 Å². The molecule has 0 saturated heterocycles. The molecule has 2 atom stereocenters. The van der Waals surface area contributed by atoms with E-state index < -0.39 is 34.6 Å². The Morgan fingerprint density at radius 3 is 2.42 bits per heavy atom. The van der Waals surface area contributed by atoms with Gasteiger partial charge in [0.1, 0.15) is 5.82 Å². The summed E-state index contributed by atoms with van der Waals surface area (Å²) >= 11 is 0. The van der Waals surface area contributed by atoms with Crippen LogP contribution in [-0.4, -0.2) is 28.4 Å². The van der Waals surface area contributed by atoms with Crippen LogP contribution in [0.4, 0.5) is 10.1 Å². The first-order valence-corrected chi connectivity index (χ1v) is 8.64. The first-order valence-electron chi connectivity index (χ1n) is 7.09. The maximum absolute atomic E-state index is 13.5. The zero-order chi connectivity index (χ0) is 17.7. The van der Waals surface area contributed by atoms with Crippen molar-refractivity contribution in [1.29, 1.82) is 0 Å². The molecule has 0 heterocycles. The minimum absolute atomic E-state index is 0.000427. The van der Waals surface area contributed by atoms with Gasteiger partial charge in [-0.2, -0.15) is 0 Å². The number of amides is 1. The average Bonchev–Trinajstić information content (AvgIpc) is 2.56. The van der Waals surface area contributed by atoms with Gasteiger partial charge in [0, 0.05) is 6.26 Å². The number of halogens is 1. The monoisotopic (exact) mass is 349 g/mol. The summed E-state index contributed by atoms with van der Waals surface area (Å²) in [4.78, 5) is 24.6. The number of para-hydroxylation sites is 1. The molecule has 0 bridgehead atoms. The molecule has 24 heavy (non-hydrogen) atoms. The number of ether oxygens (including phenoxy) is 1. The first-order chi connectivity index (χ1) is 11.4. The predicted octanol–water partition coefficient (Wildman–Crippen LogP) is 2.75. The minimum atomic E-state index is -1.37. The van der Waals surface area contributed by atoms with Gasteiger partial charge in [-0.15, -0.1) is 0 Å². The van der Waals surface area contributed by atoms with Crippen molar-refractivity contribution < 1.29 is 22.9 Å². The second kappa shape index (κ2) is 7.83. The number of rotatable bonds is 5. The number of hydrogen-bond donors (Lipinski definition) is 1. The van der Waals surface area contributed by atoms with Crippen LogP contribution in [0.5, 0.6) is 0 Å². The number of esters is 1. The van der Waals surface area contributed by atoms with Crippen molar-refractivity contribution in [3.63, 3.8) is 0 Å². The van der Waals surface area contributed by atoms with Gasteiger partial charge in [-0.25, -0.2) is 9.18 Å². The number of carbonyl (C=O) groups is 2. The molecule has 2 rings (SSSR count). The van der Waals surface area contributed by atoms with Crippen LogP contribution in [0.1, 0.15) is 17.3 Å². The highest BCUT2D eigenvalue weighted by atomic mass is 32.2. The normalized spacial score (nSPS) is 13.0. The molecular weight excluding hydrogens is 333 g/mol. The molecule has 2 aromatic rings. The summed E-state index contributed by atoms with van der Waals surface area (Å²) in [5.41, 5.74) is 0.129. The molecule has 0 unspecified atom stereocenters. The van der Waals surface area contributed by atoms with E-state index in [0.29, 0.717) is 4.90 Å². The van der Waals surface area contributed by atoms with Crippen molar-refractivity contribution >= 4 is 28.4 Å². The van der Waals surface area contributed by atoms with E-state index in [9.17, 15) is 18.2 Å². The van der Waals surface area contributed by atoms with Crippen LogP contribution < -0.4 is 5.32 Å². The van der Waals surface area contributed by atoms with E-state index in [4.69, 9.17) is 4.74 Å². The molecule has 126 valence electrons. The SMILES string of the molecule is C[C@H](OC(=O)c1ccccc1[S@@](C)=O)C(=O)Nc1ccccc1F. The van der Waals surface area contributed by atoms with Crippen molar-refractivity contribution in [2.75, 3.05) is 11.6 Å². The van der Waals surface area contributed by atoms with Gasteiger partial charge in [0.25, 0.3) is 5.91 Å². The van der Waals surface area contributed by atoms with Crippen molar-refractivity contribution in [1.82, 2.24) is 0 Å². The summed E-state index contributed by atoms with van der Waals surface area (Å²) in [6, 6.07) is 12.0. The standard InChI is InChI=1S/C17H16FNO4S/c1-11(16(20)19-14-9-5-4-8-13(14)18)23-17(21)12-7-3-6-10-15(12)24(2)22/h3-11H,1-2H3,(H,19,20)/t11-,24+/m0/s1. The minimum Gasteiger partial charge on any atom is -0.449 e. The zero-order valence-electron chi connectivity index (χ0n) is 13.1. The summed E-state index contributed by atoms with van der Waals surface area (Å²) in [7, 11) is -1.37. The third-order valence-corrected chi connectivity index (χ3v) is 4.18. The average molecular weight is 349 g/mol. The smallest absolute Gasteiger partial charge is 0.340 e. The molecule has 0 aromatic heterocycles. The molecule has 5 nitrogen and oxygen atoms in total. The predicted molar refractivity (Wildman–Crippen MR) is 88.7 cm³/mol. The lowest BCUT2D eigenvalue weighted by atomic mass is 10.2. The maximum Gasteiger partial charge on any atom is 0.340 e. The second-order valence-corrected chi connectivity index (χ2v) is 6.31. The van der Waals surface area contributed by atoms with E-state index in [0.717, 1.165) is 0 Å². The van der Waals surface area contributed by atoms with Crippen LogP contribution in [0.15, 0.2) is 53.4 Å². The number of anilines is 1. The molecule has 1 N–H and O–H groups in total. The van der Waals surface area contributed by atoms with E-state index in [1.165, 1.54) is 37.4 Å². The van der Waals surface area contributed by atoms with Crippen molar-refractivity contribution in [2.24, 2.45) is 0 Å². The zero-order valence-corrected chi connectivity index (χ0v) is 13.9. The topological polar surface area (TPSA) is 72.5 Å². The van der Waals surface area contributed by atoms with Gasteiger partial charge in [-0.3, -0.25) is 9.00 Å². The Morgan fingerprint density at radius 1 is 1.12 bits per heavy atom. The quantitative estimate of drug-likeness (QED) is 0.843. The van der Waals surface area contributed by atoms with Crippen LogP contribution in [0.3, 0.4) is 0 Å². The van der Waals surface area contributed by atoms with E-state index in [1.807, 2.05) is 0 Å². The highest BCUT2D eigenvalue weighted by Crippen LogP contribution is 2.16. The van der Waals surface area contributed by atoms with Gasteiger partial charge in [0.05, 0.1) is 26.9 Å². The van der Waals surface area contributed by atoms with Crippen molar-refractivity contribution in [3.8, 4) is 0 Å². The number of hydrogen-bond acceptors (Lipinski definition) is 4. The summed E-state index contributed by atoms with van der Waals surface area (Å²) in [6.45, 7) is 1.37. The highest BCUT2D eigenvalue weighted by molar-refractivity contribution is 7.84. The van der Waals surface area contributed by atoms with Crippen molar-refractivity contribution in [3.05, 3.63) is 59.9 Å². The third-order valence-electron chi connectivity index (χ3n) is 3.20. The Morgan fingerprint density at radius 2 is 1.75 bits per heavy atom. The van der Waals surface area contributed by atoms with Gasteiger partial charge in [-0.1, -0.05) is 24.3 Å². The molecule has 0 spiro atoms. The Balaban J connectivity index is 2.08. The van der Waals surface area contributed by atoms with Gasteiger partial charge < -0.3 is 10.1 Å². The summed E-state index contributed by atoms with van der Waals surface area (Å²) in [5, 5.41) is 2.35. The Bertz CT molecular complexity index is 794. The Hall–Kier alpha value is -2.54. The largest absolute Gasteiger partial charge is 0.449 e. The maximum atomic E-state index is 13.5. The third kappa shape index (κ3) is 4.26. The van der Waals surface area contributed by atoms with Crippen LogP contribution in [0, 0.1) is 5.82 Å². The molecule has 2 aromatic carbocycles. The summed E-state index contributed by atoms with van der Waals surface area (Å²) in [5.74, 6) is -2.02. The molecular formula is C17H16FNO4S. The van der Waals surface area contributed by atoms with Gasteiger partial charge in [-0.05, 0) is 31.2 Å². The van der Waals surface area contributed by atoms with Gasteiger partial charge >= 0.3 is 5.97 Å². The molecule has 0 aliphatic heterocycles. The van der Waals surface area contributed by atoms with E-state index in [2.05, 4.69) is 5.32 Å². The van der Waals surface area contributed by atoms with Crippen LogP contribution >= 0.6 is 0 Å². The first kappa shape index (κ1) is 17.8. The van der Waals surface area contributed by atoms with Crippen LogP contribution in [0.2, 0.25) is 0 Å². The molecule has 7 heteroatoms. The number of benzene rings is 2. The lowest BCUT2D eigenvalue weighted by Crippen LogP contribution is -2.30. The molecule has 1 amide bonds. The molecule has 0 fully saturated rings. The van der Waals surface area contributed by atoms with Gasteiger partial charge in [0.2, 0.25) is 0 Å². The molecule has 0 aliphatic rings. The lowest BCUT2D eigenvalue weighted by molar-refractivity contribution is -0.123. The fourth-order valence-corrected chi connectivity index (χ4v) is 2.69. The molecule has 0 aliphatic carbocycles. The number of carbonyl (C=O) groups excluding carboxylic acids is 2. The van der Waals surface area contributed by atoms with E-state index in [1.54, 1.807) is 24.3 Å². The van der Waals surface area contributed by atoms with Crippen molar-refractivity contribution in [2.45, 2.75) is 17.9 Å². The Labute approximate surface area is 141 Å². The number of nitrogens with one attached hydrogen (secondary N) is 1. The highest BCUT2D eigenvalue weighted by Gasteiger charge is 2.22. The fourth-order valence-electron chi connectivity index (χ4n) is 1.96.